The molecular formula is C11H11F3N4O5. The Morgan fingerprint density at radius 2 is 2.04 bits per heavy atom. The number of guanidine groups is 1. The number of nitrogens with zero attached hydrogens (tertiary/aromatic N) is 3. The van der Waals surface area contributed by atoms with Crippen LogP contribution in [0, 0.1) is 4.91 Å². The fourth-order valence-corrected chi connectivity index (χ4v) is 1.41. The highest BCUT2D eigenvalue weighted by Gasteiger charge is 2.31. The van der Waals surface area contributed by atoms with Crippen LogP contribution in [0.4, 0.5) is 24.5 Å². The van der Waals surface area contributed by atoms with E-state index >= 15 is 0 Å². The number of hydrogen-bond acceptors (Lipinski definition) is 6. The van der Waals surface area contributed by atoms with Gasteiger partial charge in [0, 0.05) is 6.07 Å². The molecule has 9 nitrogen and oxygen atoms in total. The number of nitrogens with two attached hydrogens (primary N) is 1. The molecule has 4 N–H and O–H groups in total. The van der Waals surface area contributed by atoms with Gasteiger partial charge in [0.15, 0.2) is 0 Å². The summed E-state index contributed by atoms with van der Waals surface area (Å²) in [6, 6.07) is 2.37. The molecule has 0 unspecified atom stereocenters. The number of halogens is 3. The van der Waals surface area contributed by atoms with Crippen LogP contribution in [0.25, 0.3) is 0 Å². The van der Waals surface area contributed by atoms with Crippen molar-refractivity contribution in [1.29, 1.82) is 0 Å². The molecule has 0 saturated heterocycles. The van der Waals surface area contributed by atoms with E-state index in [2.05, 4.69) is 14.9 Å². The normalized spacial score (nSPS) is 11.9. The van der Waals surface area contributed by atoms with Crippen molar-refractivity contribution in [3.63, 3.8) is 0 Å². The Kier molecular flexibility index (Phi) is 5.84. The summed E-state index contributed by atoms with van der Waals surface area (Å²) in [7, 11) is 0. The molecule has 0 heterocycles. The number of hydrogen-bond donors (Lipinski definition) is 3. The summed E-state index contributed by atoms with van der Waals surface area (Å²) in [5, 5.41) is 20.9. The van der Waals surface area contributed by atoms with Crippen LogP contribution >= 0.6 is 0 Å². The lowest BCUT2D eigenvalue weighted by molar-refractivity contribution is -0.274. The number of ether oxygens (including phenoxy) is 1. The molecule has 0 spiro atoms. The summed E-state index contributed by atoms with van der Waals surface area (Å²) < 4.78 is 39.9. The minimum absolute atomic E-state index is 0.190. The quantitative estimate of drug-likeness (QED) is 0.312. The van der Waals surface area contributed by atoms with Gasteiger partial charge in [-0.15, -0.1) is 18.1 Å². The molecule has 0 atom stereocenters. The number of carboxylic acids is 1. The topological polar surface area (TPSA) is 138 Å². The maximum absolute atomic E-state index is 12.1. The molecule has 0 amide bonds. The number of rotatable bonds is 6. The lowest BCUT2D eigenvalue weighted by atomic mass is 10.2. The number of benzene rings is 1. The Morgan fingerprint density at radius 3 is 2.57 bits per heavy atom. The number of alkyl halides is 3. The van der Waals surface area contributed by atoms with E-state index in [1.165, 1.54) is 0 Å². The molecule has 1 aromatic carbocycles. The highest BCUT2D eigenvalue weighted by atomic mass is 19.4. The van der Waals surface area contributed by atoms with Gasteiger partial charge in [-0.1, -0.05) is 0 Å². The molecule has 0 aromatic heterocycles. The van der Waals surface area contributed by atoms with Crippen molar-refractivity contribution in [3.8, 4) is 5.75 Å². The second kappa shape index (κ2) is 7.40. The van der Waals surface area contributed by atoms with Crippen molar-refractivity contribution < 1.29 is 33.0 Å². The monoisotopic (exact) mass is 336 g/mol. The number of carboxylic acid groups (broad SMARTS) is 1. The zero-order chi connectivity index (χ0) is 17.6. The molecule has 1 rings (SSSR count). The summed E-state index contributed by atoms with van der Waals surface area (Å²) >= 11 is 0. The lowest BCUT2D eigenvalue weighted by Gasteiger charge is -2.17. The largest absolute Gasteiger partial charge is 0.573 e. The second-order valence-electron chi connectivity index (χ2n) is 3.99. The van der Waals surface area contributed by atoms with E-state index in [1.807, 2.05) is 0 Å². The third kappa shape index (κ3) is 5.78. The summed E-state index contributed by atoms with van der Waals surface area (Å²) in [5.74, 6) is -2.43. The predicted octanol–water partition coefficient (Wildman–Crippen LogP) is 1.97. The number of hydroxylamine groups is 1. The number of aliphatic carboxylic acids is 1. The fourth-order valence-electron chi connectivity index (χ4n) is 1.41. The summed E-state index contributed by atoms with van der Waals surface area (Å²) in [6.07, 6.45) is -5.32. The Labute approximate surface area is 126 Å². The van der Waals surface area contributed by atoms with Gasteiger partial charge in [-0.2, -0.15) is 5.06 Å². The van der Waals surface area contributed by atoms with E-state index in [4.69, 9.17) is 10.8 Å². The van der Waals surface area contributed by atoms with Gasteiger partial charge in [-0.05, 0) is 17.3 Å². The van der Waals surface area contributed by atoms with Gasteiger partial charge in [0.1, 0.15) is 17.1 Å². The van der Waals surface area contributed by atoms with E-state index in [0.717, 1.165) is 12.1 Å². The molecule has 0 fully saturated rings. The first-order chi connectivity index (χ1) is 10.6. The molecule has 0 bridgehead atoms. The predicted molar refractivity (Wildman–Crippen MR) is 71.6 cm³/mol. The van der Waals surface area contributed by atoms with Gasteiger partial charge >= 0.3 is 12.3 Å². The summed E-state index contributed by atoms with van der Waals surface area (Å²) in [5.41, 5.74) is 4.43. The van der Waals surface area contributed by atoms with Crippen molar-refractivity contribution >= 4 is 23.3 Å². The first-order valence-corrected chi connectivity index (χ1v) is 5.88. The van der Waals surface area contributed by atoms with Crippen LogP contribution in [0.3, 0.4) is 0 Å². The molecule has 0 radical (unpaired) electrons. The van der Waals surface area contributed by atoms with E-state index in [-0.39, 0.29) is 23.7 Å². The third-order valence-electron chi connectivity index (χ3n) is 2.32. The first kappa shape index (κ1) is 18.2. The molecular weight excluding hydrogens is 325 g/mol. The van der Waals surface area contributed by atoms with Crippen LogP contribution in [0.15, 0.2) is 28.4 Å². The fraction of sp³-hybridized carbons (Fsp3) is 0.273. The van der Waals surface area contributed by atoms with Crippen molar-refractivity contribution in [2.45, 2.75) is 12.8 Å². The molecule has 0 aliphatic rings. The van der Waals surface area contributed by atoms with E-state index in [1.54, 1.807) is 0 Å². The number of anilines is 1. The van der Waals surface area contributed by atoms with E-state index < -0.39 is 29.7 Å². The summed E-state index contributed by atoms with van der Waals surface area (Å²) in [6.45, 7) is -0.253. The zero-order valence-corrected chi connectivity index (χ0v) is 11.3. The molecule has 0 aliphatic carbocycles. The number of carbonyl (C=O) groups is 1. The van der Waals surface area contributed by atoms with Crippen molar-refractivity contribution in [1.82, 2.24) is 0 Å². The van der Waals surface area contributed by atoms with E-state index in [0.29, 0.717) is 6.07 Å². The molecule has 0 saturated carbocycles. The van der Waals surface area contributed by atoms with Crippen LogP contribution in [0.1, 0.15) is 6.42 Å². The highest BCUT2D eigenvalue weighted by Crippen LogP contribution is 2.34. The van der Waals surface area contributed by atoms with Gasteiger partial charge in [-0.25, -0.2) is 0 Å². The second-order valence-corrected chi connectivity index (χ2v) is 3.99. The molecule has 0 aliphatic heterocycles. The Hall–Kier alpha value is -2.89. The Balaban J connectivity index is 2.98. The number of aliphatic imine (C=N–C) groups is 1. The average Bonchev–Trinajstić information content (AvgIpc) is 2.44. The Bertz CT molecular complexity index is 620. The minimum Gasteiger partial charge on any atom is -0.481 e. The van der Waals surface area contributed by atoms with Crippen LogP contribution < -0.4 is 15.5 Å². The third-order valence-corrected chi connectivity index (χ3v) is 2.32. The maximum atomic E-state index is 12.1. The molecule has 1 aromatic rings. The van der Waals surface area contributed by atoms with Gasteiger partial charge in [0.25, 0.3) is 0 Å². The van der Waals surface area contributed by atoms with E-state index in [9.17, 15) is 28.1 Å². The van der Waals surface area contributed by atoms with Crippen LogP contribution in [-0.4, -0.2) is 35.1 Å². The van der Waals surface area contributed by atoms with Gasteiger partial charge in [0.2, 0.25) is 5.96 Å². The average molecular weight is 336 g/mol. The number of nitroso groups, excluding NO2 is 1. The molecule has 126 valence electrons. The van der Waals surface area contributed by atoms with Crippen LogP contribution in [0.5, 0.6) is 5.75 Å². The lowest BCUT2D eigenvalue weighted by Crippen LogP contribution is -2.35. The minimum atomic E-state index is -4.96. The summed E-state index contributed by atoms with van der Waals surface area (Å²) in [4.78, 5) is 24.5. The van der Waals surface area contributed by atoms with Gasteiger partial charge < -0.3 is 15.6 Å². The smallest absolute Gasteiger partial charge is 0.481 e. The van der Waals surface area contributed by atoms with Crippen molar-refractivity contribution in [3.05, 3.63) is 23.1 Å². The van der Waals surface area contributed by atoms with Crippen molar-refractivity contribution in [2.24, 2.45) is 15.9 Å². The van der Waals surface area contributed by atoms with Gasteiger partial charge in [0.05, 0.1) is 13.0 Å². The SMILES string of the molecule is NC(=NCCC(=O)O)N(O)c1ccc(OC(F)(F)F)cc1N=O. The highest BCUT2D eigenvalue weighted by molar-refractivity contribution is 5.95. The van der Waals surface area contributed by atoms with Crippen molar-refractivity contribution in [2.75, 3.05) is 11.6 Å². The van der Waals surface area contributed by atoms with Gasteiger partial charge in [-0.3, -0.25) is 15.0 Å². The Morgan fingerprint density at radius 1 is 1.39 bits per heavy atom. The van der Waals surface area contributed by atoms with Crippen LogP contribution in [0.2, 0.25) is 0 Å². The maximum Gasteiger partial charge on any atom is 0.573 e. The standard InChI is InChI=1S/C11H11F3N4O5/c12-11(13,14)23-6-1-2-8(7(5-6)17-21)18(22)10(15)16-4-3-9(19)20/h1-2,5,22H,3-4H2,(H2,15,16)(H,19,20). The molecule has 12 heteroatoms. The zero-order valence-electron chi connectivity index (χ0n) is 11.3. The first-order valence-electron chi connectivity index (χ1n) is 5.88. The molecule has 23 heavy (non-hydrogen) atoms. The van der Waals surface area contributed by atoms with Crippen LogP contribution in [-0.2, 0) is 4.79 Å².